The third-order valence-corrected chi connectivity index (χ3v) is 5.79. The monoisotopic (exact) mass is 469 g/mol. The highest BCUT2D eigenvalue weighted by Gasteiger charge is 2.35. The van der Waals surface area contributed by atoms with E-state index >= 15 is 0 Å². The van der Waals surface area contributed by atoms with E-state index in [0.29, 0.717) is 24.1 Å². The van der Waals surface area contributed by atoms with Crippen LogP contribution in [0.25, 0.3) is 11.3 Å². The lowest BCUT2D eigenvalue weighted by molar-refractivity contribution is -0.703. The van der Waals surface area contributed by atoms with E-state index < -0.39 is 0 Å². The number of rotatable bonds is 5. The van der Waals surface area contributed by atoms with E-state index in [1.165, 1.54) is 22.9 Å². The number of halogens is 2. The molecule has 0 spiro atoms. The quantitative estimate of drug-likeness (QED) is 0.396. The zero-order chi connectivity index (χ0) is 20.0. The van der Waals surface area contributed by atoms with E-state index in [9.17, 15) is 14.0 Å². The third-order valence-electron chi connectivity index (χ3n) is 5.79. The van der Waals surface area contributed by atoms with Gasteiger partial charge in [-0.25, -0.2) is 13.5 Å². The summed E-state index contributed by atoms with van der Waals surface area (Å²) in [6, 6.07) is 13.6. The summed E-state index contributed by atoms with van der Waals surface area (Å²) in [6.45, 7) is 2.08. The average Bonchev–Trinajstić information content (AvgIpc) is 3.40. The van der Waals surface area contributed by atoms with E-state index in [4.69, 9.17) is 0 Å². The molecule has 2 amide bonds. The number of hydrogen-bond acceptors (Lipinski definition) is 2. The lowest BCUT2D eigenvalue weighted by Gasteiger charge is -2.12. The second-order valence-corrected chi connectivity index (χ2v) is 7.55. The first kappa shape index (κ1) is 20.5. The Hall–Kier alpha value is -2.80. The summed E-state index contributed by atoms with van der Waals surface area (Å²) < 4.78 is 17.8. The van der Waals surface area contributed by atoms with E-state index in [-0.39, 0.29) is 34.6 Å². The number of aromatic nitrogens is 2. The fourth-order valence-corrected chi connectivity index (χ4v) is 4.40. The topological polar surface area (TPSA) is 46.2 Å². The number of benzene rings is 2. The molecule has 0 fully saturated rings. The molecule has 0 aliphatic carbocycles. The van der Waals surface area contributed by atoms with Gasteiger partial charge in [0.1, 0.15) is 12.0 Å². The lowest BCUT2D eigenvalue weighted by atomic mass is 10.1. The zero-order valence-electron chi connectivity index (χ0n) is 16.4. The second kappa shape index (κ2) is 8.14. The standard InChI is InChI=1S/C23H21FN3O2.BrH/c24-17-10-8-16(9-11-17)20-15-25(21-7-3-13-26(20)21)12-4-14-27-22(28)18-5-1-2-6-19(18)23(27)29;/h1-2,5-6,8-11,15H,3-4,7,12-14H2;1H/q+1;/p-1. The number of fused-ring (bicyclic) bond motifs is 2. The molecule has 7 heteroatoms. The SMILES string of the molecule is O=C1c2ccccc2C(=O)N1CCC[n+]1cc(-c2ccc(F)cc2)n2c1CCC2.[Br-]. The first-order chi connectivity index (χ1) is 14.1. The first-order valence-electron chi connectivity index (χ1n) is 9.96. The smallest absolute Gasteiger partial charge is 0.261 e. The van der Waals surface area contributed by atoms with E-state index in [2.05, 4.69) is 15.3 Å². The highest BCUT2D eigenvalue weighted by atomic mass is 79.9. The molecule has 2 aliphatic heterocycles. The lowest BCUT2D eigenvalue weighted by Crippen LogP contribution is -3.00. The molecule has 3 heterocycles. The van der Waals surface area contributed by atoms with Crippen molar-refractivity contribution < 1.29 is 35.5 Å². The van der Waals surface area contributed by atoms with Crippen LogP contribution in [-0.2, 0) is 19.5 Å². The third kappa shape index (κ3) is 3.37. The molecule has 0 radical (unpaired) electrons. The van der Waals surface area contributed by atoms with Crippen LogP contribution in [0.15, 0.2) is 54.7 Å². The van der Waals surface area contributed by atoms with Crippen molar-refractivity contribution in [1.29, 1.82) is 0 Å². The molecule has 0 atom stereocenters. The molecule has 154 valence electrons. The van der Waals surface area contributed by atoms with Gasteiger partial charge in [-0.05, 0) is 42.8 Å². The number of amides is 2. The van der Waals surface area contributed by atoms with Crippen LogP contribution in [0.2, 0.25) is 0 Å². The van der Waals surface area contributed by atoms with Crippen molar-refractivity contribution >= 4 is 11.8 Å². The average molecular weight is 470 g/mol. The van der Waals surface area contributed by atoms with Crippen LogP contribution in [0.3, 0.4) is 0 Å². The van der Waals surface area contributed by atoms with Crippen LogP contribution in [0.5, 0.6) is 0 Å². The summed E-state index contributed by atoms with van der Waals surface area (Å²) in [6.07, 6.45) is 4.87. The number of carbonyl (C=O) groups is 2. The number of hydrogen-bond donors (Lipinski definition) is 0. The summed E-state index contributed by atoms with van der Waals surface area (Å²) >= 11 is 0. The van der Waals surface area contributed by atoms with E-state index in [1.807, 2.05) is 0 Å². The number of imide groups is 1. The summed E-state index contributed by atoms with van der Waals surface area (Å²) in [4.78, 5) is 26.4. The van der Waals surface area contributed by atoms with Crippen LogP contribution in [-0.4, -0.2) is 27.8 Å². The van der Waals surface area contributed by atoms with Gasteiger partial charge < -0.3 is 17.0 Å². The highest BCUT2D eigenvalue weighted by molar-refractivity contribution is 6.21. The molecular formula is C23H21BrFN3O2. The number of carbonyl (C=O) groups excluding carboxylic acids is 2. The van der Waals surface area contributed by atoms with Crippen LogP contribution in [0.1, 0.15) is 39.4 Å². The molecule has 5 rings (SSSR count). The largest absolute Gasteiger partial charge is 1.00 e. The minimum Gasteiger partial charge on any atom is -1.00 e. The molecule has 0 saturated carbocycles. The summed E-state index contributed by atoms with van der Waals surface area (Å²) in [5, 5.41) is 0. The maximum Gasteiger partial charge on any atom is 0.261 e. The van der Waals surface area contributed by atoms with Crippen LogP contribution < -0.4 is 21.5 Å². The molecule has 5 nitrogen and oxygen atoms in total. The number of aryl methyl sites for hydroxylation is 1. The Labute approximate surface area is 184 Å². The van der Waals surface area contributed by atoms with Gasteiger partial charge in [-0.15, -0.1) is 0 Å². The minimum atomic E-state index is -0.240. The molecule has 0 N–H and O–H groups in total. The predicted octanol–water partition coefficient (Wildman–Crippen LogP) is 0.218. The van der Waals surface area contributed by atoms with Gasteiger partial charge in [-0.2, -0.15) is 0 Å². The Morgan fingerprint density at radius 1 is 0.967 bits per heavy atom. The molecule has 1 aromatic heterocycles. The fourth-order valence-electron chi connectivity index (χ4n) is 4.40. The maximum absolute atomic E-state index is 13.3. The molecule has 2 aromatic carbocycles. The van der Waals surface area contributed by atoms with Gasteiger partial charge in [0.2, 0.25) is 0 Å². The second-order valence-electron chi connectivity index (χ2n) is 7.55. The van der Waals surface area contributed by atoms with Crippen molar-refractivity contribution in [3.63, 3.8) is 0 Å². The number of imidazole rings is 1. The van der Waals surface area contributed by atoms with Gasteiger partial charge in [-0.3, -0.25) is 14.5 Å². The van der Waals surface area contributed by atoms with Gasteiger partial charge in [0, 0.05) is 18.5 Å². The summed E-state index contributed by atoms with van der Waals surface area (Å²) in [7, 11) is 0. The van der Waals surface area contributed by atoms with Crippen LogP contribution >= 0.6 is 0 Å². The van der Waals surface area contributed by atoms with Crippen LogP contribution in [0.4, 0.5) is 4.39 Å². The summed E-state index contributed by atoms with van der Waals surface area (Å²) in [5.41, 5.74) is 3.06. The molecule has 30 heavy (non-hydrogen) atoms. The van der Waals surface area contributed by atoms with Crippen molar-refractivity contribution in [3.05, 3.63) is 77.5 Å². The van der Waals surface area contributed by atoms with Crippen molar-refractivity contribution in [3.8, 4) is 11.3 Å². The normalized spacial score (nSPS) is 14.6. The Kier molecular flexibility index (Phi) is 5.56. The fraction of sp³-hybridized carbons (Fsp3) is 0.261. The minimum absolute atomic E-state index is 0. The Balaban J connectivity index is 0.00000218. The van der Waals surface area contributed by atoms with Gasteiger partial charge in [-0.1, -0.05) is 12.1 Å². The van der Waals surface area contributed by atoms with E-state index in [0.717, 1.165) is 37.2 Å². The number of nitrogens with zero attached hydrogens (tertiary/aromatic N) is 3. The van der Waals surface area contributed by atoms with Gasteiger partial charge in [0.15, 0.2) is 5.69 Å². The van der Waals surface area contributed by atoms with Gasteiger partial charge in [0.25, 0.3) is 17.6 Å². The molecule has 0 unspecified atom stereocenters. The molecular weight excluding hydrogens is 449 g/mol. The Morgan fingerprint density at radius 2 is 1.63 bits per heavy atom. The summed E-state index contributed by atoms with van der Waals surface area (Å²) in [5.74, 6) is 0.594. The van der Waals surface area contributed by atoms with Crippen LogP contribution in [0, 0.1) is 5.82 Å². The van der Waals surface area contributed by atoms with Gasteiger partial charge in [0.05, 0.1) is 30.6 Å². The van der Waals surface area contributed by atoms with Crippen molar-refractivity contribution in [2.24, 2.45) is 0 Å². The molecule has 2 aliphatic rings. The Morgan fingerprint density at radius 3 is 2.30 bits per heavy atom. The highest BCUT2D eigenvalue weighted by Crippen LogP contribution is 2.25. The first-order valence-corrected chi connectivity index (χ1v) is 9.96. The molecule has 0 bridgehead atoms. The maximum atomic E-state index is 13.3. The van der Waals surface area contributed by atoms with Crippen molar-refractivity contribution in [2.75, 3.05) is 6.54 Å². The van der Waals surface area contributed by atoms with Crippen molar-refractivity contribution in [1.82, 2.24) is 9.47 Å². The van der Waals surface area contributed by atoms with Crippen molar-refractivity contribution in [2.45, 2.75) is 32.4 Å². The van der Waals surface area contributed by atoms with Gasteiger partial charge >= 0.3 is 0 Å². The predicted molar refractivity (Wildman–Crippen MR) is 105 cm³/mol. The van der Waals surface area contributed by atoms with E-state index in [1.54, 1.807) is 36.4 Å². The Bertz CT molecular complexity index is 1090. The molecule has 0 saturated heterocycles. The molecule has 3 aromatic rings. The zero-order valence-corrected chi connectivity index (χ0v) is 17.9.